The molecule has 7 nitrogen and oxygen atoms in total. The summed E-state index contributed by atoms with van der Waals surface area (Å²) in [5.41, 5.74) is 4.39. The molecule has 0 bridgehead atoms. The first-order valence-corrected chi connectivity index (χ1v) is 6.22. The Morgan fingerprint density at radius 2 is 2.05 bits per heavy atom. The molecule has 0 fully saturated rings. The van der Waals surface area contributed by atoms with Crippen molar-refractivity contribution in [1.29, 1.82) is 0 Å². The molecule has 2 heterocycles. The Bertz CT molecular complexity index is 734. The van der Waals surface area contributed by atoms with Gasteiger partial charge in [-0.2, -0.15) is 10.1 Å². The molecule has 20 heavy (non-hydrogen) atoms. The zero-order valence-electron chi connectivity index (χ0n) is 11.0. The van der Waals surface area contributed by atoms with E-state index in [1.165, 1.54) is 0 Å². The lowest BCUT2D eigenvalue weighted by Crippen LogP contribution is -2.13. The molecule has 0 aliphatic carbocycles. The lowest BCUT2D eigenvalue weighted by atomic mass is 10.2. The van der Waals surface area contributed by atoms with Crippen molar-refractivity contribution >= 4 is 22.7 Å². The second-order valence-corrected chi connectivity index (χ2v) is 4.36. The van der Waals surface area contributed by atoms with Crippen LogP contribution in [0.15, 0.2) is 36.5 Å². The number of nitrogens with two attached hydrogens (primary N) is 1. The van der Waals surface area contributed by atoms with E-state index in [2.05, 4.69) is 25.8 Å². The number of nitrogens with zero attached hydrogens (tertiary/aromatic N) is 4. The summed E-state index contributed by atoms with van der Waals surface area (Å²) in [5.74, 6) is 6.53. The number of hydrazine groups is 1. The number of rotatable bonds is 4. The summed E-state index contributed by atoms with van der Waals surface area (Å²) in [5, 5.41) is 8.39. The highest BCUT2D eigenvalue weighted by atomic mass is 15.3. The molecule has 102 valence electrons. The topological polar surface area (TPSA) is 93.7 Å². The van der Waals surface area contributed by atoms with Crippen LogP contribution in [0.3, 0.4) is 0 Å². The molecule has 0 spiro atoms. The van der Waals surface area contributed by atoms with Gasteiger partial charge in [-0.1, -0.05) is 12.1 Å². The summed E-state index contributed by atoms with van der Waals surface area (Å²) >= 11 is 0. The molecule has 7 heteroatoms. The van der Waals surface area contributed by atoms with Crippen molar-refractivity contribution in [2.75, 3.05) is 10.7 Å². The van der Waals surface area contributed by atoms with Crippen LogP contribution in [0.5, 0.6) is 0 Å². The smallest absolute Gasteiger partial charge is 0.239 e. The second-order valence-electron chi connectivity index (χ2n) is 4.36. The third-order valence-electron chi connectivity index (χ3n) is 3.09. The van der Waals surface area contributed by atoms with Crippen LogP contribution in [-0.4, -0.2) is 19.7 Å². The number of nitrogen functional groups attached to an aromatic ring is 1. The fraction of sp³-hybridized carbons (Fsp3) is 0.154. The van der Waals surface area contributed by atoms with Crippen LogP contribution in [0.25, 0.3) is 10.9 Å². The molecule has 4 N–H and O–H groups in total. The Balaban J connectivity index is 1.95. The highest BCUT2D eigenvalue weighted by Gasteiger charge is 2.07. The maximum atomic E-state index is 5.41. The quantitative estimate of drug-likeness (QED) is 0.487. The molecule has 1 aromatic carbocycles. The molecule has 0 amide bonds. The van der Waals surface area contributed by atoms with Gasteiger partial charge in [0.1, 0.15) is 5.82 Å². The summed E-state index contributed by atoms with van der Waals surface area (Å²) in [7, 11) is 1.90. The molecule has 3 aromatic rings. The zero-order valence-corrected chi connectivity index (χ0v) is 11.0. The van der Waals surface area contributed by atoms with Gasteiger partial charge >= 0.3 is 0 Å². The van der Waals surface area contributed by atoms with E-state index in [1.807, 2.05) is 42.1 Å². The predicted molar refractivity (Wildman–Crippen MR) is 77.9 cm³/mol. The minimum absolute atomic E-state index is 0.385. The van der Waals surface area contributed by atoms with Crippen molar-refractivity contribution in [3.8, 4) is 0 Å². The summed E-state index contributed by atoms with van der Waals surface area (Å²) in [6.07, 6.45) is 1.77. The van der Waals surface area contributed by atoms with E-state index in [4.69, 9.17) is 5.84 Å². The van der Waals surface area contributed by atoms with E-state index in [0.717, 1.165) is 22.4 Å². The van der Waals surface area contributed by atoms with Gasteiger partial charge in [-0.3, -0.25) is 10.1 Å². The number of para-hydroxylation sites is 1. The van der Waals surface area contributed by atoms with Crippen LogP contribution in [0.2, 0.25) is 0 Å². The normalized spacial score (nSPS) is 10.7. The number of hydrogen-bond acceptors (Lipinski definition) is 6. The van der Waals surface area contributed by atoms with E-state index in [0.29, 0.717) is 12.5 Å². The van der Waals surface area contributed by atoms with Gasteiger partial charge in [0.15, 0.2) is 0 Å². The van der Waals surface area contributed by atoms with Crippen LogP contribution in [0.1, 0.15) is 5.69 Å². The number of anilines is 2. The van der Waals surface area contributed by atoms with E-state index >= 15 is 0 Å². The minimum Gasteiger partial charge on any atom is -0.364 e. The molecule has 0 aliphatic heterocycles. The maximum absolute atomic E-state index is 5.41. The fourth-order valence-electron chi connectivity index (χ4n) is 2.02. The van der Waals surface area contributed by atoms with E-state index in [-0.39, 0.29) is 0 Å². The summed E-state index contributed by atoms with van der Waals surface area (Å²) < 4.78 is 1.82. The summed E-state index contributed by atoms with van der Waals surface area (Å²) in [4.78, 5) is 8.67. The molecule has 0 saturated heterocycles. The van der Waals surface area contributed by atoms with Crippen LogP contribution >= 0.6 is 0 Å². The maximum Gasteiger partial charge on any atom is 0.239 e. The Hall–Kier alpha value is -2.67. The van der Waals surface area contributed by atoms with Crippen molar-refractivity contribution in [1.82, 2.24) is 19.7 Å². The average molecular weight is 269 g/mol. The lowest BCUT2D eigenvalue weighted by Gasteiger charge is -2.10. The largest absolute Gasteiger partial charge is 0.364 e. The standard InChI is InChI=1S/C13H15N7/c1-20-9(6-7-16-20)8-15-12-10-4-2-3-5-11(10)17-13(18-12)19-14/h2-7H,8,14H2,1H3,(H2,15,17,18,19). The first-order valence-electron chi connectivity index (χ1n) is 6.22. The SMILES string of the molecule is Cn1nccc1CNc1nc(NN)nc2ccccc12. The van der Waals surface area contributed by atoms with Gasteiger partial charge in [0, 0.05) is 18.6 Å². The van der Waals surface area contributed by atoms with Crippen LogP contribution in [0, 0.1) is 0 Å². The molecule has 0 saturated carbocycles. The van der Waals surface area contributed by atoms with E-state index in [9.17, 15) is 0 Å². The summed E-state index contributed by atoms with van der Waals surface area (Å²) in [6.45, 7) is 0.627. The lowest BCUT2D eigenvalue weighted by molar-refractivity contribution is 0.720. The van der Waals surface area contributed by atoms with Crippen LogP contribution in [-0.2, 0) is 13.6 Å². The van der Waals surface area contributed by atoms with E-state index < -0.39 is 0 Å². The highest BCUT2D eigenvalue weighted by Crippen LogP contribution is 2.21. The number of aryl methyl sites for hydroxylation is 1. The Kier molecular flexibility index (Phi) is 3.18. The summed E-state index contributed by atoms with van der Waals surface area (Å²) in [6, 6.07) is 9.74. The fourth-order valence-corrected chi connectivity index (χ4v) is 2.02. The molecule has 0 radical (unpaired) electrons. The Morgan fingerprint density at radius 1 is 1.20 bits per heavy atom. The van der Waals surface area contributed by atoms with Gasteiger partial charge < -0.3 is 5.32 Å². The number of fused-ring (bicyclic) bond motifs is 1. The second kappa shape index (κ2) is 5.14. The van der Waals surface area contributed by atoms with Crippen LogP contribution < -0.4 is 16.6 Å². The first-order chi connectivity index (χ1) is 9.78. The third-order valence-corrected chi connectivity index (χ3v) is 3.09. The van der Waals surface area contributed by atoms with Crippen molar-refractivity contribution in [3.05, 3.63) is 42.2 Å². The number of nitrogens with one attached hydrogen (secondary N) is 2. The molecular weight excluding hydrogens is 254 g/mol. The molecular formula is C13H15N7. The van der Waals surface area contributed by atoms with Gasteiger partial charge in [-0.05, 0) is 18.2 Å². The highest BCUT2D eigenvalue weighted by molar-refractivity contribution is 5.89. The van der Waals surface area contributed by atoms with Crippen molar-refractivity contribution in [2.45, 2.75) is 6.54 Å². The monoisotopic (exact) mass is 269 g/mol. The number of benzene rings is 1. The molecule has 2 aromatic heterocycles. The first kappa shape index (κ1) is 12.4. The minimum atomic E-state index is 0.385. The predicted octanol–water partition coefficient (Wildman–Crippen LogP) is 1.26. The van der Waals surface area contributed by atoms with Gasteiger partial charge in [-0.15, -0.1) is 0 Å². The molecule has 0 aliphatic rings. The van der Waals surface area contributed by atoms with Crippen molar-refractivity contribution < 1.29 is 0 Å². The third kappa shape index (κ3) is 2.26. The molecule has 0 atom stereocenters. The van der Waals surface area contributed by atoms with Crippen molar-refractivity contribution in [3.63, 3.8) is 0 Å². The van der Waals surface area contributed by atoms with Crippen molar-refractivity contribution in [2.24, 2.45) is 12.9 Å². The van der Waals surface area contributed by atoms with Gasteiger partial charge in [-0.25, -0.2) is 10.8 Å². The van der Waals surface area contributed by atoms with Crippen LogP contribution in [0.4, 0.5) is 11.8 Å². The van der Waals surface area contributed by atoms with Gasteiger partial charge in [0.2, 0.25) is 5.95 Å². The zero-order chi connectivity index (χ0) is 13.9. The van der Waals surface area contributed by atoms with Gasteiger partial charge in [0.05, 0.1) is 17.8 Å². The molecule has 0 unspecified atom stereocenters. The Labute approximate surface area is 115 Å². The average Bonchev–Trinajstić information content (AvgIpc) is 2.89. The number of aromatic nitrogens is 4. The molecule has 3 rings (SSSR count). The van der Waals surface area contributed by atoms with E-state index in [1.54, 1.807) is 6.20 Å². The Morgan fingerprint density at radius 3 is 2.80 bits per heavy atom. The van der Waals surface area contributed by atoms with Gasteiger partial charge in [0.25, 0.3) is 0 Å². The number of hydrogen-bond donors (Lipinski definition) is 3.